The van der Waals surface area contributed by atoms with Crippen LogP contribution in [0, 0.1) is 0 Å². The zero-order valence-electron chi connectivity index (χ0n) is 20.3. The highest BCUT2D eigenvalue weighted by Gasteiger charge is 2.37. The second-order valence-corrected chi connectivity index (χ2v) is 10.8. The molecule has 194 valence electrons. The summed E-state index contributed by atoms with van der Waals surface area (Å²) in [5.41, 5.74) is 4.13. The van der Waals surface area contributed by atoms with Gasteiger partial charge < -0.3 is 9.64 Å². The van der Waals surface area contributed by atoms with E-state index in [-0.39, 0.29) is 28.1 Å². The van der Waals surface area contributed by atoms with Crippen LogP contribution in [0.15, 0.2) is 53.9 Å². The van der Waals surface area contributed by atoms with Gasteiger partial charge in [-0.2, -0.15) is 0 Å². The van der Waals surface area contributed by atoms with Crippen molar-refractivity contribution in [1.82, 2.24) is 20.7 Å². The molecule has 8 nitrogen and oxygen atoms in total. The summed E-state index contributed by atoms with van der Waals surface area (Å²) in [4.78, 5) is 44.2. The average Bonchev–Trinajstić information content (AvgIpc) is 3.39. The number of aromatic nitrogens is 1. The van der Waals surface area contributed by atoms with Gasteiger partial charge in [-0.15, -0.1) is 11.3 Å². The minimum atomic E-state index is -1.07. The maximum absolute atomic E-state index is 13.2. The molecule has 1 aliphatic heterocycles. The fraction of sp³-hybridized carbons (Fsp3) is 0.308. The molecule has 1 fully saturated rings. The molecule has 2 heterocycles. The van der Waals surface area contributed by atoms with Gasteiger partial charge in [0.1, 0.15) is 11.4 Å². The van der Waals surface area contributed by atoms with Crippen molar-refractivity contribution in [2.45, 2.75) is 38.2 Å². The Morgan fingerprint density at radius 2 is 1.59 bits per heavy atom. The number of para-hydroxylation sites is 1. The second-order valence-electron chi connectivity index (χ2n) is 9.07. The molecule has 0 saturated carbocycles. The average molecular weight is 561 g/mol. The Morgan fingerprint density at radius 1 is 0.973 bits per heavy atom. The summed E-state index contributed by atoms with van der Waals surface area (Å²) in [6.45, 7) is 4.57. The van der Waals surface area contributed by atoms with Crippen LogP contribution in [0.25, 0.3) is 0 Å². The number of hydrazine groups is 1. The zero-order valence-corrected chi connectivity index (χ0v) is 22.6. The van der Waals surface area contributed by atoms with E-state index in [0.717, 1.165) is 5.01 Å². The molecule has 1 aromatic heterocycles. The largest absolute Gasteiger partial charge is 0.476 e. The normalized spacial score (nSPS) is 14.2. The molecule has 0 aliphatic carbocycles. The van der Waals surface area contributed by atoms with E-state index in [1.54, 1.807) is 66.6 Å². The summed E-state index contributed by atoms with van der Waals surface area (Å²) in [5, 5.41) is 3.22. The van der Waals surface area contributed by atoms with Gasteiger partial charge in [-0.05, 0) is 51.0 Å². The van der Waals surface area contributed by atoms with Crippen molar-refractivity contribution in [3.05, 3.63) is 80.2 Å². The van der Waals surface area contributed by atoms with Gasteiger partial charge in [0.25, 0.3) is 17.7 Å². The van der Waals surface area contributed by atoms with Crippen LogP contribution in [0.2, 0.25) is 10.0 Å². The number of nitrogens with one attached hydrogen (secondary N) is 2. The lowest BCUT2D eigenvalue weighted by Crippen LogP contribution is -2.51. The monoisotopic (exact) mass is 560 g/mol. The molecule has 0 spiro atoms. The SMILES string of the molecule is CC(C)(Oc1ccccc1Cl)C(=O)N1CCC(c2nc(C(=O)NNC(=O)c3ccccc3Cl)cs2)CC1. The van der Waals surface area contributed by atoms with E-state index in [4.69, 9.17) is 27.9 Å². The van der Waals surface area contributed by atoms with Crippen molar-refractivity contribution in [2.75, 3.05) is 13.1 Å². The number of nitrogens with zero attached hydrogens (tertiary/aromatic N) is 2. The molecule has 4 rings (SSSR count). The van der Waals surface area contributed by atoms with Crippen molar-refractivity contribution in [2.24, 2.45) is 0 Å². The molecule has 0 radical (unpaired) electrons. The number of rotatable bonds is 6. The third-order valence-electron chi connectivity index (χ3n) is 6.01. The Balaban J connectivity index is 1.29. The first-order valence-electron chi connectivity index (χ1n) is 11.7. The Bertz CT molecular complexity index is 1300. The predicted octanol–water partition coefficient (Wildman–Crippen LogP) is 5.09. The molecule has 37 heavy (non-hydrogen) atoms. The minimum absolute atomic E-state index is 0.112. The van der Waals surface area contributed by atoms with Crippen molar-refractivity contribution in [3.63, 3.8) is 0 Å². The summed E-state index contributed by atoms with van der Waals surface area (Å²) in [6, 6.07) is 13.6. The molecule has 3 aromatic rings. The van der Waals surface area contributed by atoms with Gasteiger partial charge in [-0.25, -0.2) is 4.98 Å². The van der Waals surface area contributed by atoms with E-state index in [9.17, 15) is 14.4 Å². The van der Waals surface area contributed by atoms with Crippen molar-refractivity contribution in [1.29, 1.82) is 0 Å². The van der Waals surface area contributed by atoms with Crippen LogP contribution >= 0.6 is 34.5 Å². The number of hydrogen-bond donors (Lipinski definition) is 2. The number of halogens is 2. The van der Waals surface area contributed by atoms with Crippen LogP contribution in [0.3, 0.4) is 0 Å². The summed E-state index contributed by atoms with van der Waals surface area (Å²) in [7, 11) is 0. The molecule has 0 bridgehead atoms. The first kappa shape index (κ1) is 26.9. The zero-order chi connectivity index (χ0) is 26.6. The summed E-state index contributed by atoms with van der Waals surface area (Å²) in [5.74, 6) is -0.559. The number of hydrogen-bond acceptors (Lipinski definition) is 6. The molecule has 2 N–H and O–H groups in total. The molecular formula is C26H26Cl2N4O4S. The van der Waals surface area contributed by atoms with Crippen LogP contribution < -0.4 is 15.6 Å². The molecule has 2 aromatic carbocycles. The number of thiazole rings is 1. The highest BCUT2D eigenvalue weighted by atomic mass is 35.5. The van der Waals surface area contributed by atoms with Gasteiger partial charge in [0.05, 0.1) is 20.6 Å². The highest BCUT2D eigenvalue weighted by molar-refractivity contribution is 7.09. The number of amides is 3. The van der Waals surface area contributed by atoms with Crippen LogP contribution in [0.1, 0.15) is 58.5 Å². The minimum Gasteiger partial charge on any atom is -0.476 e. The van der Waals surface area contributed by atoms with Crippen molar-refractivity contribution < 1.29 is 19.1 Å². The first-order chi connectivity index (χ1) is 17.7. The number of piperidine rings is 1. The lowest BCUT2D eigenvalue weighted by Gasteiger charge is -2.36. The smallest absolute Gasteiger partial charge is 0.289 e. The molecule has 0 atom stereocenters. The van der Waals surface area contributed by atoms with E-state index in [2.05, 4.69) is 15.8 Å². The fourth-order valence-electron chi connectivity index (χ4n) is 4.03. The van der Waals surface area contributed by atoms with E-state index >= 15 is 0 Å². The molecule has 3 amide bonds. The van der Waals surface area contributed by atoms with Gasteiger partial charge in [0.15, 0.2) is 5.60 Å². The highest BCUT2D eigenvalue weighted by Crippen LogP contribution is 2.33. The Morgan fingerprint density at radius 3 is 2.27 bits per heavy atom. The van der Waals surface area contributed by atoms with Gasteiger partial charge in [0.2, 0.25) is 0 Å². The van der Waals surface area contributed by atoms with E-state index < -0.39 is 17.4 Å². The van der Waals surface area contributed by atoms with E-state index in [1.807, 2.05) is 6.07 Å². The van der Waals surface area contributed by atoms with Gasteiger partial charge in [-0.1, -0.05) is 47.5 Å². The maximum atomic E-state index is 13.2. The quantitative estimate of drug-likeness (QED) is 0.409. The fourth-order valence-corrected chi connectivity index (χ4v) is 5.39. The maximum Gasteiger partial charge on any atom is 0.289 e. The van der Waals surface area contributed by atoms with Crippen LogP contribution in [0.4, 0.5) is 0 Å². The molecule has 1 saturated heterocycles. The standard InChI is InChI=1S/C26H26Cl2N4O4S/c1-26(2,36-21-10-6-5-9-19(21)28)25(35)32-13-11-16(12-14-32)24-29-20(15-37-24)23(34)31-30-22(33)17-7-3-4-8-18(17)27/h3-10,15-16H,11-14H2,1-2H3,(H,30,33)(H,31,34). The summed E-state index contributed by atoms with van der Waals surface area (Å²) < 4.78 is 5.95. The molecular weight excluding hydrogens is 535 g/mol. The summed E-state index contributed by atoms with van der Waals surface area (Å²) >= 11 is 13.6. The molecule has 0 unspecified atom stereocenters. The van der Waals surface area contributed by atoms with Crippen LogP contribution in [-0.4, -0.2) is 46.3 Å². The number of likely N-dealkylation sites (tertiary alicyclic amines) is 1. The van der Waals surface area contributed by atoms with Crippen LogP contribution in [-0.2, 0) is 4.79 Å². The second kappa shape index (κ2) is 11.5. The number of ether oxygens (including phenoxy) is 1. The molecule has 1 aliphatic rings. The Hall–Kier alpha value is -3.14. The topological polar surface area (TPSA) is 101 Å². The van der Waals surface area contributed by atoms with E-state index in [0.29, 0.717) is 36.7 Å². The molecule has 11 heteroatoms. The Labute approximate surface area is 228 Å². The van der Waals surface area contributed by atoms with Crippen molar-refractivity contribution in [3.8, 4) is 5.75 Å². The van der Waals surface area contributed by atoms with Gasteiger partial charge in [0, 0.05) is 24.4 Å². The van der Waals surface area contributed by atoms with Crippen molar-refractivity contribution >= 4 is 52.3 Å². The van der Waals surface area contributed by atoms with Crippen LogP contribution in [0.5, 0.6) is 5.75 Å². The third kappa shape index (κ3) is 6.41. The summed E-state index contributed by atoms with van der Waals surface area (Å²) in [6.07, 6.45) is 1.43. The lowest BCUT2D eigenvalue weighted by atomic mass is 9.96. The lowest BCUT2D eigenvalue weighted by molar-refractivity contribution is -0.146. The number of carbonyl (C=O) groups excluding carboxylic acids is 3. The third-order valence-corrected chi connectivity index (χ3v) is 7.66. The Kier molecular flexibility index (Phi) is 8.36. The number of carbonyl (C=O) groups is 3. The van der Waals surface area contributed by atoms with Gasteiger partial charge >= 0.3 is 0 Å². The first-order valence-corrected chi connectivity index (χ1v) is 13.3. The predicted molar refractivity (Wildman–Crippen MR) is 143 cm³/mol. The number of benzene rings is 2. The van der Waals surface area contributed by atoms with E-state index in [1.165, 1.54) is 11.3 Å². The van der Waals surface area contributed by atoms with Gasteiger partial charge in [-0.3, -0.25) is 25.2 Å².